The first kappa shape index (κ1) is 14.5. The Labute approximate surface area is 119 Å². The van der Waals surface area contributed by atoms with E-state index < -0.39 is 0 Å². The maximum Gasteiger partial charge on any atom is 0.316 e. The van der Waals surface area contributed by atoms with Crippen LogP contribution in [0.2, 0.25) is 0 Å². The third-order valence-electron chi connectivity index (χ3n) is 2.28. The van der Waals surface area contributed by atoms with Crippen molar-refractivity contribution >= 4 is 17.7 Å². The highest BCUT2D eigenvalue weighted by Gasteiger charge is 2.12. The van der Waals surface area contributed by atoms with Crippen molar-refractivity contribution < 1.29 is 13.9 Å². The predicted octanol–water partition coefficient (Wildman–Crippen LogP) is 2.65. The van der Waals surface area contributed by atoms with E-state index >= 15 is 0 Å². The molecule has 0 spiro atoms. The van der Waals surface area contributed by atoms with E-state index in [0.29, 0.717) is 16.5 Å². The fraction of sp³-hybridized carbons (Fsp3) is 0.308. The van der Waals surface area contributed by atoms with E-state index in [0.717, 1.165) is 11.8 Å². The second kappa shape index (κ2) is 6.51. The Morgan fingerprint density at radius 1 is 1.45 bits per heavy atom. The Morgan fingerprint density at radius 2 is 2.20 bits per heavy atom. The van der Waals surface area contributed by atoms with Gasteiger partial charge < -0.3 is 4.74 Å². The molecule has 0 bridgehead atoms. The number of nitrogens with zero attached hydrogens (tertiary/aromatic N) is 2. The van der Waals surface area contributed by atoms with Gasteiger partial charge in [0.1, 0.15) is 5.82 Å². The van der Waals surface area contributed by atoms with Crippen molar-refractivity contribution in [1.29, 1.82) is 0 Å². The number of hydrogen-bond acceptors (Lipinski definition) is 5. The summed E-state index contributed by atoms with van der Waals surface area (Å²) in [7, 11) is 0. The molecule has 2 aromatic rings. The van der Waals surface area contributed by atoms with Gasteiger partial charge in [0.05, 0.1) is 17.4 Å². The SMILES string of the molecule is CC(C)OC(=O)CSc1n[nH]c(-c2ccccc2F)n1. The quantitative estimate of drug-likeness (QED) is 0.678. The number of carbonyl (C=O) groups is 1. The molecule has 0 aliphatic carbocycles. The van der Waals surface area contributed by atoms with Gasteiger partial charge in [-0.2, -0.15) is 0 Å². The number of halogens is 1. The summed E-state index contributed by atoms with van der Waals surface area (Å²) < 4.78 is 18.6. The average Bonchev–Trinajstić information content (AvgIpc) is 2.85. The highest BCUT2D eigenvalue weighted by molar-refractivity contribution is 7.99. The molecule has 1 aromatic carbocycles. The highest BCUT2D eigenvalue weighted by Crippen LogP contribution is 2.21. The molecular weight excluding hydrogens is 281 g/mol. The Kier molecular flexibility index (Phi) is 4.73. The zero-order valence-electron chi connectivity index (χ0n) is 11.1. The molecule has 0 amide bonds. The van der Waals surface area contributed by atoms with E-state index in [-0.39, 0.29) is 23.6 Å². The van der Waals surface area contributed by atoms with Crippen LogP contribution in [0.5, 0.6) is 0 Å². The van der Waals surface area contributed by atoms with E-state index in [4.69, 9.17) is 4.74 Å². The lowest BCUT2D eigenvalue weighted by molar-refractivity contribution is -0.144. The number of benzene rings is 1. The van der Waals surface area contributed by atoms with E-state index in [1.54, 1.807) is 32.0 Å². The van der Waals surface area contributed by atoms with Gasteiger partial charge in [0.25, 0.3) is 0 Å². The Bertz CT molecular complexity index is 601. The van der Waals surface area contributed by atoms with Crippen molar-refractivity contribution in [2.75, 3.05) is 5.75 Å². The number of H-pyrrole nitrogens is 1. The molecule has 1 aromatic heterocycles. The van der Waals surface area contributed by atoms with Crippen molar-refractivity contribution in [3.63, 3.8) is 0 Å². The van der Waals surface area contributed by atoms with Crippen LogP contribution in [0.1, 0.15) is 13.8 Å². The average molecular weight is 295 g/mol. The molecular formula is C13H14FN3O2S. The predicted molar refractivity (Wildman–Crippen MR) is 73.7 cm³/mol. The second-order valence-corrected chi connectivity index (χ2v) is 5.22. The summed E-state index contributed by atoms with van der Waals surface area (Å²) in [6.07, 6.45) is -0.149. The number of hydrogen-bond donors (Lipinski definition) is 1. The van der Waals surface area contributed by atoms with Crippen LogP contribution in [0.15, 0.2) is 29.4 Å². The van der Waals surface area contributed by atoms with E-state index in [1.807, 2.05) is 0 Å². The van der Waals surface area contributed by atoms with Crippen LogP contribution in [0.3, 0.4) is 0 Å². The molecule has 7 heteroatoms. The summed E-state index contributed by atoms with van der Waals surface area (Å²) in [5.41, 5.74) is 0.344. The molecule has 0 atom stereocenters. The molecule has 0 unspecified atom stereocenters. The van der Waals surface area contributed by atoms with Crippen molar-refractivity contribution in [3.05, 3.63) is 30.1 Å². The third kappa shape index (κ3) is 3.80. The number of carbonyl (C=O) groups excluding carboxylic acids is 1. The minimum absolute atomic E-state index is 0.118. The molecule has 0 radical (unpaired) electrons. The van der Waals surface area contributed by atoms with E-state index in [1.165, 1.54) is 6.07 Å². The summed E-state index contributed by atoms with van der Waals surface area (Å²) in [6.45, 7) is 3.57. The molecule has 106 valence electrons. The number of aromatic nitrogens is 3. The lowest BCUT2D eigenvalue weighted by Gasteiger charge is -2.05. The lowest BCUT2D eigenvalue weighted by Crippen LogP contribution is -2.13. The number of aromatic amines is 1. The zero-order chi connectivity index (χ0) is 14.5. The van der Waals surface area contributed by atoms with Crippen LogP contribution in [-0.2, 0) is 9.53 Å². The fourth-order valence-electron chi connectivity index (χ4n) is 1.51. The summed E-state index contributed by atoms with van der Waals surface area (Å²) in [5, 5.41) is 6.97. The summed E-state index contributed by atoms with van der Waals surface area (Å²) in [5.74, 6) is -0.253. The molecule has 20 heavy (non-hydrogen) atoms. The van der Waals surface area contributed by atoms with Gasteiger partial charge in [-0.15, -0.1) is 5.10 Å². The summed E-state index contributed by atoms with van der Waals surface area (Å²) in [4.78, 5) is 15.5. The molecule has 0 saturated carbocycles. The van der Waals surface area contributed by atoms with Crippen LogP contribution in [0.25, 0.3) is 11.4 Å². The van der Waals surface area contributed by atoms with Gasteiger partial charge in [-0.3, -0.25) is 9.89 Å². The largest absolute Gasteiger partial charge is 0.462 e. The van der Waals surface area contributed by atoms with Gasteiger partial charge >= 0.3 is 5.97 Å². The Morgan fingerprint density at radius 3 is 2.90 bits per heavy atom. The molecule has 0 aliphatic rings. The first-order valence-corrected chi connectivity index (χ1v) is 7.04. The summed E-state index contributed by atoms with van der Waals surface area (Å²) >= 11 is 1.14. The fourth-order valence-corrected chi connectivity index (χ4v) is 2.09. The van der Waals surface area contributed by atoms with Crippen LogP contribution in [-0.4, -0.2) is 33.0 Å². The second-order valence-electron chi connectivity index (χ2n) is 4.27. The molecule has 0 saturated heterocycles. The van der Waals surface area contributed by atoms with Gasteiger partial charge in [0.15, 0.2) is 5.82 Å². The number of ether oxygens (including phenoxy) is 1. The monoisotopic (exact) mass is 295 g/mol. The smallest absolute Gasteiger partial charge is 0.316 e. The van der Waals surface area contributed by atoms with Gasteiger partial charge in [-0.05, 0) is 26.0 Å². The van der Waals surface area contributed by atoms with Crippen LogP contribution < -0.4 is 0 Å². The highest BCUT2D eigenvalue weighted by atomic mass is 32.2. The minimum atomic E-state index is -0.376. The molecule has 1 N–H and O–H groups in total. The number of thioether (sulfide) groups is 1. The van der Waals surface area contributed by atoms with E-state index in [2.05, 4.69) is 15.2 Å². The minimum Gasteiger partial charge on any atom is -0.462 e. The maximum absolute atomic E-state index is 13.6. The van der Waals surface area contributed by atoms with Crippen molar-refractivity contribution in [1.82, 2.24) is 15.2 Å². The number of esters is 1. The molecule has 0 fully saturated rings. The zero-order valence-corrected chi connectivity index (χ0v) is 11.9. The normalized spacial score (nSPS) is 10.8. The van der Waals surface area contributed by atoms with Gasteiger partial charge in [-0.25, -0.2) is 9.37 Å². The first-order valence-electron chi connectivity index (χ1n) is 6.06. The summed E-state index contributed by atoms with van der Waals surface area (Å²) in [6, 6.07) is 6.28. The Balaban J connectivity index is 2.00. The van der Waals surface area contributed by atoms with Gasteiger partial charge in [0, 0.05) is 0 Å². The van der Waals surface area contributed by atoms with Crippen LogP contribution >= 0.6 is 11.8 Å². The molecule has 0 aliphatic heterocycles. The number of rotatable bonds is 5. The van der Waals surface area contributed by atoms with Crippen molar-refractivity contribution in [2.24, 2.45) is 0 Å². The maximum atomic E-state index is 13.6. The standard InChI is InChI=1S/C13H14FN3O2S/c1-8(2)19-11(18)7-20-13-15-12(16-17-13)9-5-3-4-6-10(9)14/h3-6,8H,7H2,1-2H3,(H,15,16,17). The molecule has 1 heterocycles. The Hall–Kier alpha value is -1.89. The lowest BCUT2D eigenvalue weighted by atomic mass is 10.2. The first-order chi connectivity index (χ1) is 9.56. The molecule has 5 nitrogen and oxygen atoms in total. The van der Waals surface area contributed by atoms with Crippen LogP contribution in [0.4, 0.5) is 4.39 Å². The van der Waals surface area contributed by atoms with Crippen LogP contribution in [0, 0.1) is 5.82 Å². The number of nitrogens with one attached hydrogen (secondary N) is 1. The van der Waals surface area contributed by atoms with Gasteiger partial charge in [0.2, 0.25) is 5.16 Å². The molecule has 2 rings (SSSR count). The third-order valence-corrected chi connectivity index (χ3v) is 3.10. The van der Waals surface area contributed by atoms with Crippen molar-refractivity contribution in [2.45, 2.75) is 25.1 Å². The topological polar surface area (TPSA) is 67.9 Å². The van der Waals surface area contributed by atoms with E-state index in [9.17, 15) is 9.18 Å². The van der Waals surface area contributed by atoms with Gasteiger partial charge in [-0.1, -0.05) is 23.9 Å². The van der Waals surface area contributed by atoms with Crippen molar-refractivity contribution in [3.8, 4) is 11.4 Å².